The average Bonchev–Trinajstić information content (AvgIpc) is 2.70. The first-order chi connectivity index (χ1) is 8.56. The summed E-state index contributed by atoms with van der Waals surface area (Å²) in [6, 6.07) is 6.16. The molecule has 0 saturated heterocycles. The topological polar surface area (TPSA) is 43.8 Å². The van der Waals surface area contributed by atoms with Crippen LogP contribution in [-0.4, -0.2) is 9.55 Å². The standard InChI is InChI=1S/C13H15Br2N3/c1-18-5-4-17-13(18)3-2-12(16)9-6-10(14)8-11(15)7-9/h4-8,12H,2-3,16H2,1H3. The Labute approximate surface area is 124 Å². The van der Waals surface area contributed by atoms with Crippen molar-refractivity contribution in [3.8, 4) is 0 Å². The van der Waals surface area contributed by atoms with Gasteiger partial charge in [0.15, 0.2) is 0 Å². The summed E-state index contributed by atoms with van der Waals surface area (Å²) in [7, 11) is 2.00. The van der Waals surface area contributed by atoms with Crippen LogP contribution < -0.4 is 5.73 Å². The molecule has 1 unspecified atom stereocenters. The molecule has 0 fully saturated rings. The van der Waals surface area contributed by atoms with Gasteiger partial charge in [-0.15, -0.1) is 0 Å². The van der Waals surface area contributed by atoms with Crippen molar-refractivity contribution in [1.82, 2.24) is 9.55 Å². The van der Waals surface area contributed by atoms with Crippen LogP contribution in [-0.2, 0) is 13.5 Å². The second kappa shape index (κ2) is 5.99. The molecule has 0 aliphatic rings. The minimum Gasteiger partial charge on any atom is -0.338 e. The van der Waals surface area contributed by atoms with E-state index in [-0.39, 0.29) is 6.04 Å². The van der Waals surface area contributed by atoms with Gasteiger partial charge in [0.1, 0.15) is 5.82 Å². The molecule has 5 heteroatoms. The van der Waals surface area contributed by atoms with Gasteiger partial charge in [0.25, 0.3) is 0 Å². The number of hydrogen-bond acceptors (Lipinski definition) is 2. The molecule has 1 aromatic heterocycles. The van der Waals surface area contributed by atoms with Gasteiger partial charge in [-0.05, 0) is 30.2 Å². The van der Waals surface area contributed by atoms with E-state index in [0.717, 1.165) is 33.2 Å². The van der Waals surface area contributed by atoms with E-state index in [1.54, 1.807) is 0 Å². The van der Waals surface area contributed by atoms with Crippen LogP contribution in [0.25, 0.3) is 0 Å². The number of aryl methyl sites for hydroxylation is 2. The predicted molar refractivity (Wildman–Crippen MR) is 80.3 cm³/mol. The highest BCUT2D eigenvalue weighted by Crippen LogP contribution is 2.25. The molecule has 2 N–H and O–H groups in total. The van der Waals surface area contributed by atoms with Crippen LogP contribution in [0, 0.1) is 0 Å². The zero-order valence-corrected chi connectivity index (χ0v) is 13.3. The Bertz CT molecular complexity index is 517. The highest BCUT2D eigenvalue weighted by molar-refractivity contribution is 9.11. The van der Waals surface area contributed by atoms with Crippen LogP contribution in [0.4, 0.5) is 0 Å². The summed E-state index contributed by atoms with van der Waals surface area (Å²) in [5.41, 5.74) is 7.35. The smallest absolute Gasteiger partial charge is 0.108 e. The summed E-state index contributed by atoms with van der Waals surface area (Å²) in [6.07, 6.45) is 5.54. The molecule has 0 aliphatic carbocycles. The Balaban J connectivity index is 2.03. The van der Waals surface area contributed by atoms with Crippen molar-refractivity contribution in [3.63, 3.8) is 0 Å². The monoisotopic (exact) mass is 371 g/mol. The van der Waals surface area contributed by atoms with E-state index >= 15 is 0 Å². The number of aromatic nitrogens is 2. The SMILES string of the molecule is Cn1ccnc1CCC(N)c1cc(Br)cc(Br)c1. The molecule has 0 amide bonds. The molecule has 18 heavy (non-hydrogen) atoms. The van der Waals surface area contributed by atoms with Crippen molar-refractivity contribution in [2.45, 2.75) is 18.9 Å². The van der Waals surface area contributed by atoms with Gasteiger partial charge >= 0.3 is 0 Å². The molecule has 0 radical (unpaired) electrons. The molecule has 0 spiro atoms. The summed E-state index contributed by atoms with van der Waals surface area (Å²) in [5, 5.41) is 0. The van der Waals surface area contributed by atoms with Gasteiger partial charge in [-0.1, -0.05) is 31.9 Å². The quantitative estimate of drug-likeness (QED) is 0.891. The van der Waals surface area contributed by atoms with Gasteiger partial charge in [-0.3, -0.25) is 0 Å². The van der Waals surface area contributed by atoms with Crippen LogP contribution in [0.2, 0.25) is 0 Å². The van der Waals surface area contributed by atoms with Gasteiger partial charge in [-0.25, -0.2) is 4.98 Å². The van der Waals surface area contributed by atoms with E-state index in [1.807, 2.05) is 30.1 Å². The lowest BCUT2D eigenvalue weighted by Gasteiger charge is -2.13. The molecule has 0 bridgehead atoms. The van der Waals surface area contributed by atoms with E-state index < -0.39 is 0 Å². The van der Waals surface area contributed by atoms with Crippen molar-refractivity contribution in [2.75, 3.05) is 0 Å². The zero-order chi connectivity index (χ0) is 13.1. The number of nitrogens with zero attached hydrogens (tertiary/aromatic N) is 2. The van der Waals surface area contributed by atoms with E-state index in [2.05, 4.69) is 49.0 Å². The first-order valence-corrected chi connectivity index (χ1v) is 7.32. The summed E-state index contributed by atoms with van der Waals surface area (Å²) >= 11 is 6.96. The Morgan fingerprint density at radius 1 is 1.28 bits per heavy atom. The van der Waals surface area contributed by atoms with Gasteiger partial charge in [0.05, 0.1) is 0 Å². The van der Waals surface area contributed by atoms with Crippen LogP contribution >= 0.6 is 31.9 Å². The molecule has 1 atom stereocenters. The number of halogens is 2. The summed E-state index contributed by atoms with van der Waals surface area (Å²) < 4.78 is 4.11. The Kier molecular flexibility index (Phi) is 4.59. The normalized spacial score (nSPS) is 12.7. The average molecular weight is 373 g/mol. The van der Waals surface area contributed by atoms with Gasteiger partial charge in [-0.2, -0.15) is 0 Å². The summed E-state index contributed by atoms with van der Waals surface area (Å²) in [6.45, 7) is 0. The van der Waals surface area contributed by atoms with E-state index in [0.29, 0.717) is 0 Å². The maximum absolute atomic E-state index is 6.22. The van der Waals surface area contributed by atoms with Gasteiger partial charge in [0, 0.05) is 40.8 Å². The maximum Gasteiger partial charge on any atom is 0.108 e. The first-order valence-electron chi connectivity index (χ1n) is 5.74. The highest BCUT2D eigenvalue weighted by atomic mass is 79.9. The molecule has 2 rings (SSSR count). The maximum atomic E-state index is 6.22. The zero-order valence-electron chi connectivity index (χ0n) is 10.1. The number of benzene rings is 1. The lowest BCUT2D eigenvalue weighted by molar-refractivity contribution is 0.620. The number of rotatable bonds is 4. The van der Waals surface area contributed by atoms with Crippen molar-refractivity contribution in [3.05, 3.63) is 50.9 Å². The third kappa shape index (κ3) is 3.43. The van der Waals surface area contributed by atoms with Crippen LogP contribution in [0.3, 0.4) is 0 Å². The lowest BCUT2D eigenvalue weighted by atomic mass is 10.0. The molecule has 3 nitrogen and oxygen atoms in total. The minimum atomic E-state index is 0.0236. The number of imidazole rings is 1. The molecule has 1 aromatic carbocycles. The second-order valence-electron chi connectivity index (χ2n) is 4.30. The molecular formula is C13H15Br2N3. The Morgan fingerprint density at radius 2 is 1.94 bits per heavy atom. The van der Waals surface area contributed by atoms with Crippen molar-refractivity contribution in [2.24, 2.45) is 12.8 Å². The minimum absolute atomic E-state index is 0.0236. The molecule has 1 heterocycles. The summed E-state index contributed by atoms with van der Waals surface area (Å²) in [4.78, 5) is 4.31. The molecular weight excluding hydrogens is 358 g/mol. The van der Waals surface area contributed by atoms with Crippen LogP contribution in [0.1, 0.15) is 23.9 Å². The van der Waals surface area contributed by atoms with Crippen LogP contribution in [0.15, 0.2) is 39.5 Å². The van der Waals surface area contributed by atoms with Crippen molar-refractivity contribution >= 4 is 31.9 Å². The van der Waals surface area contributed by atoms with E-state index in [1.165, 1.54) is 0 Å². The first kappa shape index (κ1) is 13.8. The molecule has 96 valence electrons. The Morgan fingerprint density at radius 3 is 2.50 bits per heavy atom. The van der Waals surface area contributed by atoms with Crippen molar-refractivity contribution < 1.29 is 0 Å². The highest BCUT2D eigenvalue weighted by Gasteiger charge is 2.09. The third-order valence-corrected chi connectivity index (χ3v) is 3.83. The van der Waals surface area contributed by atoms with E-state index in [9.17, 15) is 0 Å². The second-order valence-corrected chi connectivity index (χ2v) is 6.13. The Hall–Kier alpha value is -0.650. The lowest BCUT2D eigenvalue weighted by Crippen LogP contribution is -2.12. The van der Waals surface area contributed by atoms with Gasteiger partial charge < -0.3 is 10.3 Å². The number of nitrogens with two attached hydrogens (primary N) is 1. The predicted octanol–water partition coefficient (Wildman–Crippen LogP) is 3.58. The fourth-order valence-corrected chi connectivity index (χ4v) is 3.21. The van der Waals surface area contributed by atoms with Crippen LogP contribution in [0.5, 0.6) is 0 Å². The van der Waals surface area contributed by atoms with E-state index in [4.69, 9.17) is 5.73 Å². The molecule has 2 aromatic rings. The molecule has 0 saturated carbocycles. The molecule has 0 aliphatic heterocycles. The van der Waals surface area contributed by atoms with Crippen molar-refractivity contribution in [1.29, 1.82) is 0 Å². The number of hydrogen-bond donors (Lipinski definition) is 1. The van der Waals surface area contributed by atoms with Gasteiger partial charge in [0.2, 0.25) is 0 Å². The fraction of sp³-hybridized carbons (Fsp3) is 0.308. The fourth-order valence-electron chi connectivity index (χ4n) is 1.88. The summed E-state index contributed by atoms with van der Waals surface area (Å²) in [5.74, 6) is 1.07. The third-order valence-electron chi connectivity index (χ3n) is 2.91. The largest absolute Gasteiger partial charge is 0.338 e.